The van der Waals surface area contributed by atoms with Gasteiger partial charge in [0.1, 0.15) is 11.5 Å². The third kappa shape index (κ3) is 4.49. The van der Waals surface area contributed by atoms with Gasteiger partial charge in [0.25, 0.3) is 5.91 Å². The Morgan fingerprint density at radius 2 is 1.87 bits per heavy atom. The molecule has 1 N–H and O–H groups in total. The van der Waals surface area contributed by atoms with Gasteiger partial charge in [0.05, 0.1) is 13.2 Å². The highest BCUT2D eigenvalue weighted by Gasteiger charge is 2.14. The first-order valence-corrected chi connectivity index (χ1v) is 7.63. The molecule has 23 heavy (non-hydrogen) atoms. The summed E-state index contributed by atoms with van der Waals surface area (Å²) in [7, 11) is 1.62. The summed E-state index contributed by atoms with van der Waals surface area (Å²) in [6.07, 6.45) is 0. The van der Waals surface area contributed by atoms with Crippen LogP contribution in [0.2, 0.25) is 0 Å². The number of amides is 1. The lowest BCUT2D eigenvalue weighted by atomic mass is 10.1. The molecule has 0 aliphatic rings. The molecule has 4 nitrogen and oxygen atoms in total. The van der Waals surface area contributed by atoms with Crippen molar-refractivity contribution < 1.29 is 14.3 Å². The lowest BCUT2D eigenvalue weighted by Crippen LogP contribution is -2.31. The van der Waals surface area contributed by atoms with Crippen LogP contribution in [-0.2, 0) is 4.79 Å². The van der Waals surface area contributed by atoms with E-state index in [-0.39, 0.29) is 18.6 Å². The highest BCUT2D eigenvalue weighted by Crippen LogP contribution is 2.24. The molecule has 0 unspecified atom stereocenters. The fraction of sp³-hybridized carbons (Fsp3) is 0.316. The minimum absolute atomic E-state index is 0.0119. The third-order valence-electron chi connectivity index (χ3n) is 3.83. The fourth-order valence-electron chi connectivity index (χ4n) is 2.34. The maximum absolute atomic E-state index is 12.1. The molecule has 0 aliphatic heterocycles. The Balaban J connectivity index is 1.92. The van der Waals surface area contributed by atoms with Gasteiger partial charge < -0.3 is 14.8 Å². The maximum Gasteiger partial charge on any atom is 0.258 e. The molecule has 1 atom stereocenters. The van der Waals surface area contributed by atoms with Gasteiger partial charge in [-0.05, 0) is 50.1 Å². The van der Waals surface area contributed by atoms with Gasteiger partial charge >= 0.3 is 0 Å². The van der Waals surface area contributed by atoms with Gasteiger partial charge in [-0.15, -0.1) is 0 Å². The first kappa shape index (κ1) is 16.9. The quantitative estimate of drug-likeness (QED) is 0.887. The predicted octanol–water partition coefficient (Wildman–Crippen LogP) is 3.57. The molecule has 0 aromatic heterocycles. The van der Waals surface area contributed by atoms with E-state index < -0.39 is 0 Å². The molecule has 0 radical (unpaired) electrons. The van der Waals surface area contributed by atoms with Crippen LogP contribution >= 0.6 is 0 Å². The number of carbonyl (C=O) groups excluding carboxylic acids is 1. The van der Waals surface area contributed by atoms with Crippen molar-refractivity contribution in [2.75, 3.05) is 13.7 Å². The third-order valence-corrected chi connectivity index (χ3v) is 3.83. The summed E-state index contributed by atoms with van der Waals surface area (Å²) < 4.78 is 10.9. The molecule has 0 spiro atoms. The molecule has 2 aromatic carbocycles. The van der Waals surface area contributed by atoms with Crippen molar-refractivity contribution in [3.05, 3.63) is 59.2 Å². The van der Waals surface area contributed by atoms with E-state index in [0.29, 0.717) is 5.75 Å². The van der Waals surface area contributed by atoms with Gasteiger partial charge in [-0.1, -0.05) is 24.3 Å². The monoisotopic (exact) mass is 313 g/mol. The van der Waals surface area contributed by atoms with E-state index in [1.807, 2.05) is 63.2 Å². The van der Waals surface area contributed by atoms with Gasteiger partial charge in [-0.3, -0.25) is 4.79 Å². The summed E-state index contributed by atoms with van der Waals surface area (Å²) in [5, 5.41) is 2.92. The Bertz CT molecular complexity index is 682. The summed E-state index contributed by atoms with van der Waals surface area (Å²) in [4.78, 5) is 12.1. The highest BCUT2D eigenvalue weighted by atomic mass is 16.5. The number of ether oxygens (including phenoxy) is 2. The molecule has 0 fully saturated rings. The van der Waals surface area contributed by atoms with Crippen LogP contribution in [0.5, 0.6) is 11.5 Å². The number of aryl methyl sites for hydroxylation is 2. The molecular formula is C19H23NO3. The number of para-hydroxylation sites is 1. The molecule has 122 valence electrons. The van der Waals surface area contributed by atoms with E-state index in [2.05, 4.69) is 5.32 Å². The molecule has 0 saturated heterocycles. The second-order valence-electron chi connectivity index (χ2n) is 5.57. The van der Waals surface area contributed by atoms with Crippen LogP contribution in [0.25, 0.3) is 0 Å². The van der Waals surface area contributed by atoms with Crippen molar-refractivity contribution in [2.24, 2.45) is 0 Å². The topological polar surface area (TPSA) is 47.6 Å². The van der Waals surface area contributed by atoms with Crippen LogP contribution in [0.4, 0.5) is 0 Å². The molecule has 1 amide bonds. The second-order valence-corrected chi connectivity index (χ2v) is 5.57. The summed E-state index contributed by atoms with van der Waals surface area (Å²) in [5.74, 6) is 1.30. The van der Waals surface area contributed by atoms with Gasteiger partial charge in [0, 0.05) is 5.56 Å². The average Bonchev–Trinajstić information content (AvgIpc) is 2.55. The number of hydrogen-bond donors (Lipinski definition) is 1. The molecule has 2 rings (SSSR count). The Morgan fingerprint density at radius 1 is 1.13 bits per heavy atom. The van der Waals surface area contributed by atoms with Crippen LogP contribution in [-0.4, -0.2) is 19.6 Å². The summed E-state index contributed by atoms with van der Waals surface area (Å²) >= 11 is 0. The number of hydrogen-bond acceptors (Lipinski definition) is 3. The standard InChI is InChI=1S/C19H23NO3/c1-13-9-10-16(11-14(13)2)23-12-19(21)20-15(3)17-7-5-6-8-18(17)22-4/h5-11,15H,12H2,1-4H3,(H,20,21)/t15-/m1/s1. The van der Waals surface area contributed by atoms with E-state index in [4.69, 9.17) is 9.47 Å². The molecule has 2 aromatic rings. The molecule has 4 heteroatoms. The summed E-state index contributed by atoms with van der Waals surface area (Å²) in [5.41, 5.74) is 3.28. The number of rotatable bonds is 6. The van der Waals surface area contributed by atoms with Gasteiger partial charge in [-0.25, -0.2) is 0 Å². The minimum Gasteiger partial charge on any atom is -0.496 e. The number of benzene rings is 2. The van der Waals surface area contributed by atoms with E-state index in [0.717, 1.165) is 16.9 Å². The van der Waals surface area contributed by atoms with E-state index in [1.165, 1.54) is 5.56 Å². The molecule has 0 bridgehead atoms. The number of nitrogens with one attached hydrogen (secondary N) is 1. The number of carbonyl (C=O) groups is 1. The van der Waals surface area contributed by atoms with Crippen LogP contribution in [0.15, 0.2) is 42.5 Å². The zero-order valence-corrected chi connectivity index (χ0v) is 14.1. The van der Waals surface area contributed by atoms with Crippen molar-refractivity contribution in [1.82, 2.24) is 5.32 Å². The van der Waals surface area contributed by atoms with Crippen molar-refractivity contribution >= 4 is 5.91 Å². The molecule has 0 saturated carbocycles. The van der Waals surface area contributed by atoms with Gasteiger partial charge in [0.15, 0.2) is 6.61 Å². The lowest BCUT2D eigenvalue weighted by molar-refractivity contribution is -0.123. The Kier molecular flexibility index (Phi) is 5.63. The summed E-state index contributed by atoms with van der Waals surface area (Å²) in [6, 6.07) is 13.3. The summed E-state index contributed by atoms with van der Waals surface area (Å²) in [6.45, 7) is 5.97. The Labute approximate surface area is 137 Å². The maximum atomic E-state index is 12.1. The molecular weight excluding hydrogens is 290 g/mol. The van der Waals surface area contributed by atoms with Crippen molar-refractivity contribution in [3.63, 3.8) is 0 Å². The Morgan fingerprint density at radius 3 is 2.57 bits per heavy atom. The molecule has 0 heterocycles. The van der Waals surface area contributed by atoms with E-state index >= 15 is 0 Å². The first-order valence-electron chi connectivity index (χ1n) is 7.63. The van der Waals surface area contributed by atoms with Crippen LogP contribution < -0.4 is 14.8 Å². The van der Waals surface area contributed by atoms with Gasteiger partial charge in [0.2, 0.25) is 0 Å². The first-order chi connectivity index (χ1) is 11.0. The van der Waals surface area contributed by atoms with Crippen LogP contribution in [0.1, 0.15) is 29.7 Å². The van der Waals surface area contributed by atoms with Crippen LogP contribution in [0.3, 0.4) is 0 Å². The smallest absolute Gasteiger partial charge is 0.258 e. The average molecular weight is 313 g/mol. The zero-order valence-electron chi connectivity index (χ0n) is 14.1. The van der Waals surface area contributed by atoms with Crippen molar-refractivity contribution in [1.29, 1.82) is 0 Å². The SMILES string of the molecule is COc1ccccc1[C@@H](C)NC(=O)COc1ccc(C)c(C)c1. The Hall–Kier alpha value is -2.49. The highest BCUT2D eigenvalue weighted by molar-refractivity contribution is 5.78. The van der Waals surface area contributed by atoms with Crippen LogP contribution in [0, 0.1) is 13.8 Å². The fourth-order valence-corrected chi connectivity index (χ4v) is 2.34. The minimum atomic E-state index is -0.165. The molecule has 0 aliphatic carbocycles. The van der Waals surface area contributed by atoms with Crippen molar-refractivity contribution in [2.45, 2.75) is 26.8 Å². The normalized spacial score (nSPS) is 11.7. The van der Waals surface area contributed by atoms with E-state index in [9.17, 15) is 4.79 Å². The largest absolute Gasteiger partial charge is 0.496 e. The van der Waals surface area contributed by atoms with Crippen molar-refractivity contribution in [3.8, 4) is 11.5 Å². The van der Waals surface area contributed by atoms with E-state index in [1.54, 1.807) is 7.11 Å². The predicted molar refractivity (Wildman–Crippen MR) is 91.0 cm³/mol. The van der Waals surface area contributed by atoms with Gasteiger partial charge in [-0.2, -0.15) is 0 Å². The number of methoxy groups -OCH3 is 1. The zero-order chi connectivity index (χ0) is 16.8. The lowest BCUT2D eigenvalue weighted by Gasteiger charge is -2.17. The second kappa shape index (κ2) is 7.68.